The number of carbonyl (C=O) groups excluding carboxylic acids is 1. The van der Waals surface area contributed by atoms with E-state index in [4.69, 9.17) is 23.9 Å². The predicted octanol–water partition coefficient (Wildman–Crippen LogP) is 3.96. The second-order valence-electron chi connectivity index (χ2n) is 8.82. The van der Waals surface area contributed by atoms with Crippen LogP contribution in [0.3, 0.4) is 0 Å². The van der Waals surface area contributed by atoms with Gasteiger partial charge in [-0.1, -0.05) is 53.8 Å². The number of esters is 1. The normalized spacial score (nSPS) is 14.8. The molecule has 4 aromatic rings. The number of rotatable bonds is 8. The number of fused-ring (bicyclic) bond motifs is 1. The zero-order chi connectivity index (χ0) is 28.2. The van der Waals surface area contributed by atoms with Gasteiger partial charge < -0.3 is 18.9 Å². The minimum absolute atomic E-state index is 0.176. The third kappa shape index (κ3) is 5.03. The van der Waals surface area contributed by atoms with Gasteiger partial charge in [-0.3, -0.25) is 9.36 Å². The SMILES string of the molecule is CCOC(=O)C1=C(c2ccccc2)N=c2s/c(=C/c3cc(OC)ccc3OC)c(=O)n2C1c1cccc(OC)c1. The maximum absolute atomic E-state index is 14.1. The molecule has 0 spiro atoms. The molecular formula is C31H28N2O6S. The van der Waals surface area contributed by atoms with E-state index in [0.29, 0.717) is 43.4 Å². The summed E-state index contributed by atoms with van der Waals surface area (Å²) in [6.07, 6.45) is 1.75. The Balaban J connectivity index is 1.84. The summed E-state index contributed by atoms with van der Waals surface area (Å²) in [7, 11) is 4.72. The van der Waals surface area contributed by atoms with E-state index < -0.39 is 12.0 Å². The smallest absolute Gasteiger partial charge is 0.338 e. The molecule has 5 rings (SSSR count). The van der Waals surface area contributed by atoms with Crippen LogP contribution in [-0.2, 0) is 9.53 Å². The highest BCUT2D eigenvalue weighted by molar-refractivity contribution is 7.07. The molecule has 2 heterocycles. The fraction of sp³-hybridized carbons (Fsp3) is 0.194. The van der Waals surface area contributed by atoms with E-state index in [1.54, 1.807) is 57.1 Å². The van der Waals surface area contributed by atoms with E-state index in [1.165, 1.54) is 11.3 Å². The summed E-state index contributed by atoms with van der Waals surface area (Å²) in [4.78, 5) is 33.0. The maximum atomic E-state index is 14.1. The highest BCUT2D eigenvalue weighted by atomic mass is 32.1. The zero-order valence-corrected chi connectivity index (χ0v) is 23.4. The van der Waals surface area contributed by atoms with Gasteiger partial charge in [-0.2, -0.15) is 0 Å². The molecule has 0 N–H and O–H groups in total. The van der Waals surface area contributed by atoms with Crippen LogP contribution in [0.5, 0.6) is 17.2 Å². The number of hydrogen-bond donors (Lipinski definition) is 0. The molecule has 0 bridgehead atoms. The summed E-state index contributed by atoms with van der Waals surface area (Å²) in [5, 5.41) is 0. The van der Waals surface area contributed by atoms with Gasteiger partial charge in [0, 0.05) is 11.1 Å². The second kappa shape index (κ2) is 11.6. The lowest BCUT2D eigenvalue weighted by atomic mass is 9.93. The van der Waals surface area contributed by atoms with Crippen LogP contribution in [0.25, 0.3) is 11.8 Å². The monoisotopic (exact) mass is 556 g/mol. The third-order valence-corrected chi connectivity index (χ3v) is 7.49. The number of hydrogen-bond acceptors (Lipinski definition) is 8. The van der Waals surface area contributed by atoms with Gasteiger partial charge in [0.05, 0.1) is 49.8 Å². The maximum Gasteiger partial charge on any atom is 0.338 e. The van der Waals surface area contributed by atoms with E-state index in [9.17, 15) is 9.59 Å². The molecule has 8 nitrogen and oxygen atoms in total. The first kappa shape index (κ1) is 27.0. The van der Waals surface area contributed by atoms with Crippen LogP contribution in [0.2, 0.25) is 0 Å². The lowest BCUT2D eigenvalue weighted by Gasteiger charge is -2.26. The fourth-order valence-corrected chi connectivity index (χ4v) is 5.65. The number of benzene rings is 3. The van der Waals surface area contributed by atoms with Crippen LogP contribution in [-0.4, -0.2) is 38.5 Å². The van der Waals surface area contributed by atoms with Gasteiger partial charge in [-0.05, 0) is 48.9 Å². The minimum atomic E-state index is -0.796. The van der Waals surface area contributed by atoms with Crippen LogP contribution < -0.4 is 29.1 Å². The van der Waals surface area contributed by atoms with Crippen LogP contribution in [0.4, 0.5) is 0 Å². The highest BCUT2D eigenvalue weighted by Crippen LogP contribution is 2.36. The van der Waals surface area contributed by atoms with Crippen molar-refractivity contribution in [3.05, 3.63) is 115 Å². The molecule has 1 aliphatic rings. The van der Waals surface area contributed by atoms with E-state index >= 15 is 0 Å². The van der Waals surface area contributed by atoms with E-state index in [0.717, 1.165) is 5.56 Å². The van der Waals surface area contributed by atoms with Crippen molar-refractivity contribution in [2.45, 2.75) is 13.0 Å². The van der Waals surface area contributed by atoms with Gasteiger partial charge in [0.2, 0.25) is 0 Å². The van der Waals surface area contributed by atoms with E-state index in [-0.39, 0.29) is 17.7 Å². The first-order chi connectivity index (χ1) is 19.5. The molecule has 0 saturated heterocycles. The molecule has 0 amide bonds. The molecule has 40 heavy (non-hydrogen) atoms. The first-order valence-electron chi connectivity index (χ1n) is 12.6. The molecule has 3 aromatic carbocycles. The molecule has 1 aliphatic heterocycles. The Morgan fingerprint density at radius 1 is 0.950 bits per heavy atom. The molecule has 9 heteroatoms. The first-order valence-corrected chi connectivity index (χ1v) is 13.4. The van der Waals surface area contributed by atoms with Gasteiger partial charge in [0.25, 0.3) is 5.56 Å². The van der Waals surface area contributed by atoms with Crippen molar-refractivity contribution < 1.29 is 23.7 Å². The average Bonchev–Trinajstić information content (AvgIpc) is 3.30. The van der Waals surface area contributed by atoms with Crippen molar-refractivity contribution >= 4 is 29.1 Å². The van der Waals surface area contributed by atoms with Gasteiger partial charge in [0.15, 0.2) is 4.80 Å². The third-order valence-electron chi connectivity index (χ3n) is 6.51. The van der Waals surface area contributed by atoms with Gasteiger partial charge >= 0.3 is 5.97 Å². The van der Waals surface area contributed by atoms with Crippen LogP contribution in [0.15, 0.2) is 88.2 Å². The minimum Gasteiger partial charge on any atom is -0.497 e. The number of carbonyl (C=O) groups is 1. The van der Waals surface area contributed by atoms with E-state index in [1.807, 2.05) is 54.6 Å². The number of ether oxygens (including phenoxy) is 4. The topological polar surface area (TPSA) is 88.4 Å². The average molecular weight is 557 g/mol. The Hall–Kier alpha value is -4.63. The quantitative estimate of drug-likeness (QED) is 0.306. The highest BCUT2D eigenvalue weighted by Gasteiger charge is 2.35. The molecule has 1 unspecified atom stereocenters. The summed E-state index contributed by atoms with van der Waals surface area (Å²) in [6.45, 7) is 1.92. The zero-order valence-electron chi connectivity index (χ0n) is 22.5. The lowest BCUT2D eigenvalue weighted by Crippen LogP contribution is -2.40. The predicted molar refractivity (Wildman–Crippen MR) is 154 cm³/mol. The van der Waals surface area contributed by atoms with Crippen molar-refractivity contribution in [2.24, 2.45) is 4.99 Å². The van der Waals surface area contributed by atoms with Gasteiger partial charge in [0.1, 0.15) is 17.2 Å². The van der Waals surface area contributed by atoms with Crippen molar-refractivity contribution in [3.63, 3.8) is 0 Å². The summed E-state index contributed by atoms with van der Waals surface area (Å²) in [5.41, 5.74) is 2.55. The molecule has 0 aliphatic carbocycles. The van der Waals surface area contributed by atoms with Crippen LogP contribution >= 0.6 is 11.3 Å². The molecular weight excluding hydrogens is 528 g/mol. The molecule has 1 atom stereocenters. The van der Waals surface area contributed by atoms with Crippen LogP contribution in [0.1, 0.15) is 29.7 Å². The van der Waals surface area contributed by atoms with Crippen molar-refractivity contribution in [1.82, 2.24) is 4.57 Å². The molecule has 0 radical (unpaired) electrons. The van der Waals surface area contributed by atoms with Crippen LogP contribution in [0, 0.1) is 0 Å². The van der Waals surface area contributed by atoms with Gasteiger partial charge in [-0.15, -0.1) is 0 Å². The number of nitrogens with zero attached hydrogens (tertiary/aromatic N) is 2. The lowest BCUT2D eigenvalue weighted by molar-refractivity contribution is -0.138. The number of thiazole rings is 1. The summed E-state index contributed by atoms with van der Waals surface area (Å²) in [5.74, 6) is 1.28. The fourth-order valence-electron chi connectivity index (χ4n) is 4.66. The molecule has 0 saturated carbocycles. The summed E-state index contributed by atoms with van der Waals surface area (Å²) >= 11 is 1.24. The van der Waals surface area contributed by atoms with Crippen molar-refractivity contribution in [3.8, 4) is 17.2 Å². The molecule has 204 valence electrons. The standard InChI is InChI=1S/C31H28N2O6S/c1-5-39-30(35)26-27(19-10-7-6-8-11-19)32-31-33(28(26)20-12-9-13-22(16-20)36-2)29(34)25(40-31)18-21-17-23(37-3)14-15-24(21)38-4/h6-18,28H,5H2,1-4H3/b25-18+. The van der Waals surface area contributed by atoms with Crippen molar-refractivity contribution in [2.75, 3.05) is 27.9 Å². The Labute approximate surface area is 235 Å². The summed E-state index contributed by atoms with van der Waals surface area (Å²) < 4.78 is 23.9. The van der Waals surface area contributed by atoms with Gasteiger partial charge in [-0.25, -0.2) is 9.79 Å². The Bertz CT molecular complexity index is 1770. The number of aromatic nitrogens is 1. The second-order valence-corrected chi connectivity index (χ2v) is 9.83. The van der Waals surface area contributed by atoms with Crippen molar-refractivity contribution in [1.29, 1.82) is 0 Å². The summed E-state index contributed by atoms with van der Waals surface area (Å²) in [6, 6.07) is 21.3. The largest absolute Gasteiger partial charge is 0.497 e. The molecule has 0 fully saturated rings. The Morgan fingerprint density at radius 3 is 2.40 bits per heavy atom. The Morgan fingerprint density at radius 2 is 1.70 bits per heavy atom. The number of methoxy groups -OCH3 is 3. The van der Waals surface area contributed by atoms with E-state index in [2.05, 4.69) is 0 Å². The Kier molecular flexibility index (Phi) is 7.84. The molecule has 1 aromatic heterocycles.